The van der Waals surface area contributed by atoms with Crippen LogP contribution in [0.2, 0.25) is 0 Å². The molecule has 0 radical (unpaired) electrons. The van der Waals surface area contributed by atoms with Crippen LogP contribution in [-0.2, 0) is 16.6 Å². The Bertz CT molecular complexity index is 1490. The monoisotopic (exact) mass is 495 g/mol. The van der Waals surface area contributed by atoms with E-state index in [0.29, 0.717) is 43.9 Å². The quantitative estimate of drug-likeness (QED) is 0.457. The summed E-state index contributed by atoms with van der Waals surface area (Å²) in [6.07, 6.45) is 2.93. The standard InChI is InChI=1S/C24H25N5O3S2/c1-16-5-7-18(8-6-16)21-17(2)33-24-22(21)23(30)26-20(27-24)15-28-10-12-29(13-11-28)34(31,32)19-4-3-9-25-14-19/h3-9,14H,10-13,15H2,1-2H3,(H,26,27,30). The maximum atomic E-state index is 13.1. The van der Waals surface area contributed by atoms with Crippen molar-refractivity contribution in [2.75, 3.05) is 26.2 Å². The molecule has 34 heavy (non-hydrogen) atoms. The molecule has 10 heteroatoms. The maximum absolute atomic E-state index is 13.1. The van der Waals surface area contributed by atoms with Gasteiger partial charge in [-0.15, -0.1) is 11.3 Å². The molecule has 0 atom stereocenters. The van der Waals surface area contributed by atoms with E-state index in [1.165, 1.54) is 27.4 Å². The predicted octanol–water partition coefficient (Wildman–Crippen LogP) is 3.17. The van der Waals surface area contributed by atoms with Gasteiger partial charge in [-0.05, 0) is 31.5 Å². The number of H-pyrrole nitrogens is 1. The zero-order valence-corrected chi connectivity index (χ0v) is 20.6. The molecule has 4 aromatic rings. The van der Waals surface area contributed by atoms with Crippen molar-refractivity contribution in [2.24, 2.45) is 0 Å². The van der Waals surface area contributed by atoms with E-state index in [2.05, 4.69) is 14.9 Å². The number of fused-ring (bicyclic) bond motifs is 1. The lowest BCUT2D eigenvalue weighted by Crippen LogP contribution is -2.48. The molecule has 3 aromatic heterocycles. The molecular weight excluding hydrogens is 470 g/mol. The highest BCUT2D eigenvalue weighted by Gasteiger charge is 2.29. The number of piperazine rings is 1. The fraction of sp³-hybridized carbons (Fsp3) is 0.292. The second-order valence-electron chi connectivity index (χ2n) is 8.46. The number of nitrogens with one attached hydrogen (secondary N) is 1. The Hall–Kier alpha value is -2.92. The normalized spacial score (nSPS) is 15.7. The number of nitrogens with zero attached hydrogens (tertiary/aromatic N) is 4. The zero-order chi connectivity index (χ0) is 23.9. The Balaban J connectivity index is 1.34. The summed E-state index contributed by atoms with van der Waals surface area (Å²) < 4.78 is 27.1. The molecule has 8 nitrogen and oxygen atoms in total. The summed E-state index contributed by atoms with van der Waals surface area (Å²) in [5.74, 6) is 0.595. The number of thiophene rings is 1. The molecule has 0 unspecified atom stereocenters. The van der Waals surface area contributed by atoms with Crippen molar-refractivity contribution in [2.45, 2.75) is 25.3 Å². The first-order chi connectivity index (χ1) is 16.3. The summed E-state index contributed by atoms with van der Waals surface area (Å²) in [6.45, 7) is 6.37. The Morgan fingerprint density at radius 2 is 1.79 bits per heavy atom. The average molecular weight is 496 g/mol. The molecule has 5 rings (SSSR count). The van der Waals surface area contributed by atoms with E-state index >= 15 is 0 Å². The molecule has 0 bridgehead atoms. The Morgan fingerprint density at radius 1 is 1.06 bits per heavy atom. The summed E-state index contributed by atoms with van der Waals surface area (Å²) in [5, 5.41) is 0.627. The summed E-state index contributed by atoms with van der Waals surface area (Å²) in [5.41, 5.74) is 2.98. The molecule has 1 N–H and O–H groups in total. The number of aryl methyl sites for hydroxylation is 2. The largest absolute Gasteiger partial charge is 0.309 e. The fourth-order valence-electron chi connectivity index (χ4n) is 4.29. The van der Waals surface area contributed by atoms with Gasteiger partial charge in [0.2, 0.25) is 10.0 Å². The highest BCUT2D eigenvalue weighted by atomic mass is 32.2. The van der Waals surface area contributed by atoms with Gasteiger partial charge in [0.05, 0.1) is 11.9 Å². The van der Waals surface area contributed by atoms with Gasteiger partial charge in [0.1, 0.15) is 15.6 Å². The SMILES string of the molecule is Cc1ccc(-c2c(C)sc3nc(CN4CCN(S(=O)(=O)c5cccnc5)CC4)[nH]c(=O)c23)cc1. The van der Waals surface area contributed by atoms with Crippen molar-refractivity contribution in [3.05, 3.63) is 75.4 Å². The third-order valence-corrected chi connectivity index (χ3v) is 8.99. The van der Waals surface area contributed by atoms with E-state index < -0.39 is 10.0 Å². The van der Waals surface area contributed by atoms with Crippen molar-refractivity contribution in [1.29, 1.82) is 0 Å². The summed E-state index contributed by atoms with van der Waals surface area (Å²) in [7, 11) is -3.55. The molecule has 1 fully saturated rings. The van der Waals surface area contributed by atoms with Crippen LogP contribution in [0.15, 0.2) is 58.5 Å². The third kappa shape index (κ3) is 4.29. The molecule has 1 aliphatic rings. The van der Waals surface area contributed by atoms with E-state index in [0.717, 1.165) is 20.8 Å². The average Bonchev–Trinajstić information content (AvgIpc) is 3.17. The Labute approximate surface area is 202 Å². The van der Waals surface area contributed by atoms with Crippen molar-refractivity contribution >= 4 is 31.6 Å². The molecule has 1 aromatic carbocycles. The molecule has 1 aliphatic heterocycles. The smallest absolute Gasteiger partial charge is 0.260 e. The van der Waals surface area contributed by atoms with E-state index in [4.69, 9.17) is 4.98 Å². The van der Waals surface area contributed by atoms with Crippen molar-refractivity contribution in [3.8, 4) is 11.1 Å². The Morgan fingerprint density at radius 3 is 2.47 bits per heavy atom. The van der Waals surface area contributed by atoms with E-state index in [9.17, 15) is 13.2 Å². The van der Waals surface area contributed by atoms with Crippen LogP contribution >= 0.6 is 11.3 Å². The molecule has 176 valence electrons. The van der Waals surface area contributed by atoms with Crippen LogP contribution in [0, 0.1) is 13.8 Å². The van der Waals surface area contributed by atoms with Crippen molar-refractivity contribution < 1.29 is 8.42 Å². The maximum Gasteiger partial charge on any atom is 0.260 e. The summed E-state index contributed by atoms with van der Waals surface area (Å²) >= 11 is 1.53. The highest BCUT2D eigenvalue weighted by Crippen LogP contribution is 2.35. The van der Waals surface area contributed by atoms with Crippen molar-refractivity contribution in [1.82, 2.24) is 24.2 Å². The van der Waals surface area contributed by atoms with Gasteiger partial charge in [0.25, 0.3) is 5.56 Å². The van der Waals surface area contributed by atoms with E-state index in [-0.39, 0.29) is 10.5 Å². The first-order valence-corrected chi connectivity index (χ1v) is 13.3. The Kier molecular flexibility index (Phi) is 6.07. The molecule has 0 aliphatic carbocycles. The van der Waals surface area contributed by atoms with Gasteiger partial charge in [-0.2, -0.15) is 4.31 Å². The zero-order valence-electron chi connectivity index (χ0n) is 19.0. The lowest BCUT2D eigenvalue weighted by molar-refractivity contribution is 0.178. The minimum absolute atomic E-state index is 0.141. The van der Waals surface area contributed by atoms with E-state index in [1.807, 2.05) is 38.1 Å². The second kappa shape index (κ2) is 9.03. The van der Waals surface area contributed by atoms with Gasteiger partial charge < -0.3 is 4.98 Å². The minimum atomic E-state index is -3.55. The molecule has 1 saturated heterocycles. The van der Waals surface area contributed by atoms with E-state index in [1.54, 1.807) is 18.3 Å². The summed E-state index contributed by atoms with van der Waals surface area (Å²) in [4.78, 5) is 28.8. The fourth-order valence-corrected chi connectivity index (χ4v) is 6.75. The van der Waals surface area contributed by atoms with Crippen LogP contribution in [0.5, 0.6) is 0 Å². The van der Waals surface area contributed by atoms with Crippen LogP contribution in [0.1, 0.15) is 16.3 Å². The van der Waals surface area contributed by atoms with Gasteiger partial charge in [0.15, 0.2) is 0 Å². The van der Waals surface area contributed by atoms with Crippen LogP contribution in [0.4, 0.5) is 0 Å². The number of sulfonamides is 1. The second-order valence-corrected chi connectivity index (χ2v) is 11.6. The summed E-state index contributed by atoms with van der Waals surface area (Å²) in [6, 6.07) is 11.3. The molecular formula is C24H25N5O3S2. The number of rotatable bonds is 5. The van der Waals surface area contributed by atoms with Crippen LogP contribution in [0.3, 0.4) is 0 Å². The van der Waals surface area contributed by atoms with Crippen molar-refractivity contribution in [3.63, 3.8) is 0 Å². The number of hydrogen-bond acceptors (Lipinski definition) is 7. The van der Waals surface area contributed by atoms with Crippen LogP contribution < -0.4 is 5.56 Å². The minimum Gasteiger partial charge on any atom is -0.309 e. The number of pyridine rings is 1. The number of hydrogen-bond donors (Lipinski definition) is 1. The molecule has 0 spiro atoms. The van der Waals surface area contributed by atoms with Gasteiger partial charge in [0, 0.05) is 49.0 Å². The lowest BCUT2D eigenvalue weighted by Gasteiger charge is -2.33. The molecule has 4 heterocycles. The van der Waals surface area contributed by atoms with Gasteiger partial charge in [-0.25, -0.2) is 13.4 Å². The topological polar surface area (TPSA) is 99.3 Å². The van der Waals surface area contributed by atoms with Gasteiger partial charge >= 0.3 is 0 Å². The molecule has 0 saturated carbocycles. The first kappa shape index (κ1) is 22.9. The van der Waals surface area contributed by atoms with Crippen LogP contribution in [-0.4, -0.2) is 58.8 Å². The van der Waals surface area contributed by atoms with Gasteiger partial charge in [-0.3, -0.25) is 14.7 Å². The molecule has 0 amide bonds. The number of benzene rings is 1. The lowest BCUT2D eigenvalue weighted by atomic mass is 10.0. The van der Waals surface area contributed by atoms with Gasteiger partial charge in [-0.1, -0.05) is 29.8 Å². The first-order valence-electron chi connectivity index (χ1n) is 11.0. The number of aromatic amines is 1. The predicted molar refractivity (Wildman–Crippen MR) is 133 cm³/mol. The highest BCUT2D eigenvalue weighted by molar-refractivity contribution is 7.89. The number of aromatic nitrogens is 3. The third-order valence-electron chi connectivity index (χ3n) is 6.10. The van der Waals surface area contributed by atoms with Crippen LogP contribution in [0.25, 0.3) is 21.3 Å².